The van der Waals surface area contributed by atoms with Gasteiger partial charge in [-0.15, -0.1) is 0 Å². The maximum Gasteiger partial charge on any atom is 0.277 e. The zero-order chi connectivity index (χ0) is 14.4. The fourth-order valence-corrected chi connectivity index (χ4v) is 2.76. The van der Waals surface area contributed by atoms with E-state index in [-0.39, 0.29) is 5.56 Å². The van der Waals surface area contributed by atoms with Crippen molar-refractivity contribution in [2.75, 3.05) is 0 Å². The minimum Gasteiger partial charge on any atom is -0.267 e. The van der Waals surface area contributed by atoms with Crippen LogP contribution in [-0.4, -0.2) is 14.2 Å². The van der Waals surface area contributed by atoms with E-state index in [1.807, 2.05) is 0 Å². The van der Waals surface area contributed by atoms with Crippen molar-refractivity contribution in [3.8, 4) is 5.69 Å². The second kappa shape index (κ2) is 4.81. The number of para-hydroxylation sites is 1. The summed E-state index contributed by atoms with van der Waals surface area (Å²) in [5.74, 6) is 0. The molecule has 0 atom stereocenters. The zero-order valence-electron chi connectivity index (χ0n) is 10.3. The third-order valence-electron chi connectivity index (χ3n) is 3.00. The van der Waals surface area contributed by atoms with Gasteiger partial charge in [0.25, 0.3) is 5.56 Å². The number of hydrogen-bond acceptors (Lipinski definition) is 2. The molecule has 20 heavy (non-hydrogen) atoms. The van der Waals surface area contributed by atoms with E-state index in [0.717, 1.165) is 0 Å². The molecule has 2 aromatic heterocycles. The summed E-state index contributed by atoms with van der Waals surface area (Å²) in [6, 6.07) is 6.66. The first-order chi connectivity index (χ1) is 9.50. The summed E-state index contributed by atoms with van der Waals surface area (Å²) in [6.07, 6.45) is 1.65. The quantitative estimate of drug-likeness (QED) is 0.638. The minimum absolute atomic E-state index is 0.241. The Labute approximate surface area is 129 Å². The summed E-state index contributed by atoms with van der Waals surface area (Å²) >= 11 is 18.2. The molecule has 0 saturated carbocycles. The van der Waals surface area contributed by atoms with Gasteiger partial charge in [0.2, 0.25) is 0 Å². The fourth-order valence-electron chi connectivity index (χ4n) is 2.06. The second-order valence-corrected chi connectivity index (χ2v) is 5.43. The third kappa shape index (κ3) is 1.92. The van der Waals surface area contributed by atoms with Gasteiger partial charge >= 0.3 is 0 Å². The molecule has 0 amide bonds. The summed E-state index contributed by atoms with van der Waals surface area (Å²) in [4.78, 5) is 16.6. The Morgan fingerprint density at radius 3 is 2.40 bits per heavy atom. The molecule has 0 radical (unpaired) electrons. The zero-order valence-corrected chi connectivity index (χ0v) is 12.5. The minimum atomic E-state index is -0.241. The van der Waals surface area contributed by atoms with Crippen LogP contribution in [0.4, 0.5) is 0 Å². The first-order valence-corrected chi connectivity index (χ1v) is 6.85. The van der Waals surface area contributed by atoms with Gasteiger partial charge in [-0.2, -0.15) is 0 Å². The molecule has 102 valence electrons. The van der Waals surface area contributed by atoms with Crippen LogP contribution in [0.2, 0.25) is 15.2 Å². The van der Waals surface area contributed by atoms with Crippen molar-refractivity contribution in [1.29, 1.82) is 0 Å². The van der Waals surface area contributed by atoms with Gasteiger partial charge in [-0.3, -0.25) is 4.79 Å². The number of fused-ring (bicyclic) bond motifs is 1. The van der Waals surface area contributed by atoms with Crippen molar-refractivity contribution < 1.29 is 0 Å². The molecule has 0 spiro atoms. The summed E-state index contributed by atoms with van der Waals surface area (Å²) in [7, 11) is 0. The lowest BCUT2D eigenvalue weighted by atomic mass is 10.3. The molecule has 0 bridgehead atoms. The fraction of sp³-hybridized carbons (Fsp3) is 0.0769. The van der Waals surface area contributed by atoms with Crippen LogP contribution in [0, 0.1) is 6.92 Å². The van der Waals surface area contributed by atoms with E-state index in [1.165, 1.54) is 4.68 Å². The van der Waals surface area contributed by atoms with Crippen molar-refractivity contribution in [1.82, 2.24) is 14.2 Å². The van der Waals surface area contributed by atoms with Crippen LogP contribution in [0.15, 0.2) is 35.3 Å². The molecule has 2 heterocycles. The Morgan fingerprint density at radius 1 is 1.10 bits per heavy atom. The molecule has 3 rings (SSSR count). The lowest BCUT2D eigenvalue weighted by Crippen LogP contribution is -2.19. The highest BCUT2D eigenvalue weighted by Gasteiger charge is 2.18. The van der Waals surface area contributed by atoms with Gasteiger partial charge in [0, 0.05) is 6.20 Å². The van der Waals surface area contributed by atoms with Crippen LogP contribution in [-0.2, 0) is 0 Å². The number of aromatic nitrogens is 3. The smallest absolute Gasteiger partial charge is 0.267 e. The van der Waals surface area contributed by atoms with E-state index in [0.29, 0.717) is 32.1 Å². The number of benzene rings is 1. The summed E-state index contributed by atoms with van der Waals surface area (Å²) in [6.45, 7) is 1.68. The van der Waals surface area contributed by atoms with Gasteiger partial charge in [0.05, 0.1) is 15.6 Å². The predicted octanol–water partition coefficient (Wildman–Crippen LogP) is 3.75. The van der Waals surface area contributed by atoms with Gasteiger partial charge < -0.3 is 0 Å². The standard InChI is InChI=1S/C13H8Cl3N3O/c1-7-12-17-10(16)5-6-18(12)19(13(7)20)11-8(14)3-2-4-9(11)15/h2-6H,1H3. The van der Waals surface area contributed by atoms with Crippen molar-refractivity contribution in [2.24, 2.45) is 0 Å². The highest BCUT2D eigenvalue weighted by atomic mass is 35.5. The van der Waals surface area contributed by atoms with Crippen molar-refractivity contribution in [2.45, 2.75) is 6.92 Å². The van der Waals surface area contributed by atoms with Crippen LogP contribution in [0.1, 0.15) is 5.56 Å². The molecule has 0 aliphatic rings. The Morgan fingerprint density at radius 2 is 1.75 bits per heavy atom. The van der Waals surface area contributed by atoms with E-state index in [9.17, 15) is 4.79 Å². The number of aryl methyl sites for hydroxylation is 1. The van der Waals surface area contributed by atoms with Crippen molar-refractivity contribution >= 4 is 40.4 Å². The normalized spacial score (nSPS) is 11.2. The molecule has 7 heteroatoms. The van der Waals surface area contributed by atoms with Gasteiger partial charge in [-0.25, -0.2) is 14.2 Å². The molecular weight excluding hydrogens is 321 g/mol. The van der Waals surface area contributed by atoms with Gasteiger partial charge in [-0.1, -0.05) is 40.9 Å². The average molecular weight is 329 g/mol. The van der Waals surface area contributed by atoms with Crippen LogP contribution in [0.3, 0.4) is 0 Å². The summed E-state index contributed by atoms with van der Waals surface area (Å²) < 4.78 is 2.97. The highest BCUT2D eigenvalue weighted by molar-refractivity contribution is 6.37. The first-order valence-electron chi connectivity index (χ1n) is 5.71. The maximum atomic E-state index is 12.4. The van der Waals surface area contributed by atoms with Crippen molar-refractivity contribution in [3.05, 3.63) is 61.6 Å². The topological polar surface area (TPSA) is 39.3 Å². The number of nitrogens with zero attached hydrogens (tertiary/aromatic N) is 3. The summed E-state index contributed by atoms with van der Waals surface area (Å²) in [5.41, 5.74) is 1.13. The van der Waals surface area contributed by atoms with Gasteiger partial charge in [0.15, 0.2) is 5.65 Å². The van der Waals surface area contributed by atoms with E-state index in [2.05, 4.69) is 4.98 Å². The Bertz CT molecular complexity index is 862. The molecule has 0 aliphatic carbocycles. The van der Waals surface area contributed by atoms with Crippen LogP contribution in [0.5, 0.6) is 0 Å². The number of halogens is 3. The SMILES string of the molecule is Cc1c(=O)n(-c2c(Cl)cccc2Cl)n2ccc(Cl)nc12. The van der Waals surface area contributed by atoms with Crippen LogP contribution in [0.25, 0.3) is 11.3 Å². The monoisotopic (exact) mass is 327 g/mol. The molecule has 0 saturated heterocycles. The third-order valence-corrected chi connectivity index (χ3v) is 3.82. The molecule has 1 aromatic carbocycles. The largest absolute Gasteiger partial charge is 0.277 e. The van der Waals surface area contributed by atoms with Gasteiger partial charge in [0.1, 0.15) is 10.8 Å². The van der Waals surface area contributed by atoms with E-state index < -0.39 is 0 Å². The first kappa shape index (κ1) is 13.5. The predicted molar refractivity (Wildman–Crippen MR) is 80.6 cm³/mol. The van der Waals surface area contributed by atoms with E-state index in [1.54, 1.807) is 41.9 Å². The van der Waals surface area contributed by atoms with E-state index >= 15 is 0 Å². The highest BCUT2D eigenvalue weighted by Crippen LogP contribution is 2.28. The number of rotatable bonds is 1. The average Bonchev–Trinajstić information content (AvgIpc) is 2.64. The van der Waals surface area contributed by atoms with Crippen LogP contribution >= 0.6 is 34.8 Å². The van der Waals surface area contributed by atoms with Crippen molar-refractivity contribution in [3.63, 3.8) is 0 Å². The molecular formula is C13H8Cl3N3O. The number of hydrogen-bond donors (Lipinski definition) is 0. The van der Waals surface area contributed by atoms with Crippen LogP contribution < -0.4 is 5.56 Å². The Hall–Kier alpha value is -1.49. The maximum absolute atomic E-state index is 12.4. The molecule has 4 nitrogen and oxygen atoms in total. The molecule has 0 unspecified atom stereocenters. The molecule has 0 aliphatic heterocycles. The lowest BCUT2D eigenvalue weighted by molar-refractivity contribution is 0.765. The molecule has 0 fully saturated rings. The molecule has 3 aromatic rings. The summed E-state index contributed by atoms with van der Waals surface area (Å²) in [5, 5.41) is 1.08. The Kier molecular flexibility index (Phi) is 3.24. The Balaban J connectivity index is 2.49. The second-order valence-electron chi connectivity index (χ2n) is 4.23. The lowest BCUT2D eigenvalue weighted by Gasteiger charge is -2.09. The molecule has 0 N–H and O–H groups in total. The van der Waals surface area contributed by atoms with Gasteiger partial charge in [-0.05, 0) is 25.1 Å². The van der Waals surface area contributed by atoms with E-state index in [4.69, 9.17) is 34.8 Å².